The Hall–Kier alpha value is -2.43. The molecule has 0 aliphatic heterocycles. The molecule has 0 atom stereocenters. The highest BCUT2D eigenvalue weighted by atomic mass is 19.1. The average molecular weight is 259 g/mol. The largest absolute Gasteiger partial charge is 0.351 e. The zero-order valence-electron chi connectivity index (χ0n) is 10.3. The second-order valence-corrected chi connectivity index (χ2v) is 3.92. The van der Waals surface area contributed by atoms with Gasteiger partial charge in [0.1, 0.15) is 5.82 Å². The van der Waals surface area contributed by atoms with Gasteiger partial charge in [-0.2, -0.15) is 5.10 Å². The number of carbonyl (C=O) groups excluding carboxylic acids is 1. The van der Waals surface area contributed by atoms with E-state index in [2.05, 4.69) is 10.4 Å². The number of halogens is 1. The van der Waals surface area contributed by atoms with Crippen molar-refractivity contribution in [3.8, 4) is 0 Å². The number of benzene rings is 1. The summed E-state index contributed by atoms with van der Waals surface area (Å²) in [7, 11) is 0. The molecule has 98 valence electrons. The van der Waals surface area contributed by atoms with Crippen molar-refractivity contribution in [1.82, 2.24) is 15.1 Å². The number of aromatic nitrogens is 2. The van der Waals surface area contributed by atoms with Gasteiger partial charge in [0.15, 0.2) is 0 Å². The van der Waals surface area contributed by atoms with E-state index in [1.165, 1.54) is 18.2 Å². The molecule has 5 heteroatoms. The summed E-state index contributed by atoms with van der Waals surface area (Å²) in [6, 6.07) is 8.12. The maximum atomic E-state index is 13.3. The highest BCUT2D eigenvalue weighted by Gasteiger charge is 1.98. The first-order chi connectivity index (χ1) is 9.25. The highest BCUT2D eigenvalue weighted by Crippen LogP contribution is 2.07. The van der Waals surface area contributed by atoms with E-state index in [0.717, 1.165) is 0 Å². The van der Waals surface area contributed by atoms with Gasteiger partial charge in [0.05, 0.1) is 6.54 Å². The lowest BCUT2D eigenvalue weighted by Gasteiger charge is -2.02. The van der Waals surface area contributed by atoms with Crippen LogP contribution in [0.5, 0.6) is 0 Å². The zero-order chi connectivity index (χ0) is 13.5. The molecule has 2 aromatic rings. The first-order valence-electron chi connectivity index (χ1n) is 5.93. The monoisotopic (exact) mass is 259 g/mol. The molecule has 0 unspecified atom stereocenters. The second-order valence-electron chi connectivity index (χ2n) is 3.92. The fourth-order valence-corrected chi connectivity index (χ4v) is 1.56. The van der Waals surface area contributed by atoms with Crippen molar-refractivity contribution in [1.29, 1.82) is 0 Å². The first-order valence-corrected chi connectivity index (χ1v) is 5.93. The molecular weight excluding hydrogens is 245 g/mol. The van der Waals surface area contributed by atoms with E-state index in [1.54, 1.807) is 29.1 Å². The molecule has 0 aliphatic carbocycles. The molecule has 0 saturated carbocycles. The van der Waals surface area contributed by atoms with Gasteiger partial charge in [0.2, 0.25) is 5.91 Å². The van der Waals surface area contributed by atoms with E-state index < -0.39 is 0 Å². The molecule has 4 nitrogen and oxygen atoms in total. The third kappa shape index (κ3) is 4.06. The number of hydrogen-bond donors (Lipinski definition) is 1. The number of amides is 1. The van der Waals surface area contributed by atoms with Crippen molar-refractivity contribution in [2.24, 2.45) is 0 Å². The summed E-state index contributed by atoms with van der Waals surface area (Å²) in [5, 5.41) is 6.72. The summed E-state index contributed by atoms with van der Waals surface area (Å²) in [5.74, 6) is -0.599. The van der Waals surface area contributed by atoms with E-state index in [1.807, 2.05) is 12.3 Å². The van der Waals surface area contributed by atoms with Crippen LogP contribution < -0.4 is 5.32 Å². The molecule has 0 radical (unpaired) electrons. The van der Waals surface area contributed by atoms with E-state index in [0.29, 0.717) is 18.7 Å². The van der Waals surface area contributed by atoms with Crippen LogP contribution in [0.3, 0.4) is 0 Å². The maximum absolute atomic E-state index is 13.3. The molecule has 1 N–H and O–H groups in total. The Bertz CT molecular complexity index is 564. The SMILES string of the molecule is O=C(/C=C/c1ccccc1F)NCCn1cccn1. The van der Waals surface area contributed by atoms with E-state index in [4.69, 9.17) is 0 Å². The molecule has 0 fully saturated rings. The van der Waals surface area contributed by atoms with Crippen LogP contribution in [0, 0.1) is 5.82 Å². The van der Waals surface area contributed by atoms with Gasteiger partial charge >= 0.3 is 0 Å². The quantitative estimate of drug-likeness (QED) is 0.833. The van der Waals surface area contributed by atoms with Crippen LogP contribution in [-0.4, -0.2) is 22.2 Å². The van der Waals surface area contributed by atoms with E-state index in [9.17, 15) is 9.18 Å². The minimum absolute atomic E-state index is 0.254. The number of carbonyl (C=O) groups is 1. The standard InChI is InChI=1S/C14H14FN3O/c15-13-5-2-1-4-12(13)6-7-14(19)16-9-11-18-10-3-8-17-18/h1-8,10H,9,11H2,(H,16,19)/b7-6+. The van der Waals surface area contributed by atoms with Gasteiger partial charge in [-0.15, -0.1) is 0 Å². The van der Waals surface area contributed by atoms with Gasteiger partial charge < -0.3 is 5.32 Å². The van der Waals surface area contributed by atoms with Crippen LogP contribution in [0.25, 0.3) is 6.08 Å². The Morgan fingerprint density at radius 3 is 2.95 bits per heavy atom. The predicted molar refractivity (Wildman–Crippen MR) is 70.7 cm³/mol. The van der Waals surface area contributed by atoms with E-state index >= 15 is 0 Å². The zero-order valence-corrected chi connectivity index (χ0v) is 10.3. The van der Waals surface area contributed by atoms with Crippen molar-refractivity contribution in [3.63, 3.8) is 0 Å². The topological polar surface area (TPSA) is 46.9 Å². The maximum Gasteiger partial charge on any atom is 0.244 e. The molecule has 1 amide bonds. The summed E-state index contributed by atoms with van der Waals surface area (Å²) < 4.78 is 15.0. The summed E-state index contributed by atoms with van der Waals surface area (Å²) in [5.41, 5.74) is 0.393. The smallest absolute Gasteiger partial charge is 0.244 e. The van der Waals surface area contributed by atoms with Crippen LogP contribution in [0.4, 0.5) is 4.39 Å². The summed E-state index contributed by atoms with van der Waals surface area (Å²) in [6.07, 6.45) is 6.28. The molecule has 19 heavy (non-hydrogen) atoms. The first kappa shape index (κ1) is 13.0. The number of nitrogens with zero attached hydrogens (tertiary/aromatic N) is 2. The van der Waals surface area contributed by atoms with Crippen molar-refractivity contribution in [3.05, 3.63) is 60.2 Å². The lowest BCUT2D eigenvalue weighted by Crippen LogP contribution is -2.25. The fraction of sp³-hybridized carbons (Fsp3) is 0.143. The van der Waals surface area contributed by atoms with Gasteiger partial charge in [-0.05, 0) is 18.2 Å². The minimum Gasteiger partial charge on any atom is -0.351 e. The Kier molecular flexibility index (Phi) is 4.44. The van der Waals surface area contributed by atoms with Crippen molar-refractivity contribution in [2.45, 2.75) is 6.54 Å². The average Bonchev–Trinajstić information content (AvgIpc) is 2.91. The molecule has 1 aromatic carbocycles. The summed E-state index contributed by atoms with van der Waals surface area (Å²) in [4.78, 5) is 11.5. The second kappa shape index (κ2) is 6.49. The lowest BCUT2D eigenvalue weighted by atomic mass is 10.2. The normalized spacial score (nSPS) is 10.8. The van der Waals surface area contributed by atoms with Crippen LogP contribution in [0.15, 0.2) is 48.8 Å². The number of nitrogens with one attached hydrogen (secondary N) is 1. The number of hydrogen-bond acceptors (Lipinski definition) is 2. The van der Waals surface area contributed by atoms with Crippen LogP contribution >= 0.6 is 0 Å². The Morgan fingerprint density at radius 2 is 2.21 bits per heavy atom. The van der Waals surface area contributed by atoms with Gasteiger partial charge in [-0.25, -0.2) is 4.39 Å². The third-order valence-corrected chi connectivity index (χ3v) is 2.52. The summed E-state index contributed by atoms with van der Waals surface area (Å²) in [6.45, 7) is 1.08. The molecule has 0 aliphatic rings. The van der Waals surface area contributed by atoms with Gasteiger partial charge in [-0.1, -0.05) is 18.2 Å². The third-order valence-electron chi connectivity index (χ3n) is 2.52. The molecule has 1 aromatic heterocycles. The Balaban J connectivity index is 1.79. The van der Waals surface area contributed by atoms with Gasteiger partial charge in [0, 0.05) is 30.6 Å². The van der Waals surface area contributed by atoms with Gasteiger partial charge in [0.25, 0.3) is 0 Å². The van der Waals surface area contributed by atoms with E-state index in [-0.39, 0.29) is 11.7 Å². The predicted octanol–water partition coefficient (Wildman–Crippen LogP) is 1.85. The summed E-state index contributed by atoms with van der Waals surface area (Å²) >= 11 is 0. The van der Waals surface area contributed by atoms with Gasteiger partial charge in [-0.3, -0.25) is 9.48 Å². The molecule has 0 saturated heterocycles. The lowest BCUT2D eigenvalue weighted by molar-refractivity contribution is -0.116. The van der Waals surface area contributed by atoms with Crippen LogP contribution in [0.2, 0.25) is 0 Å². The fourth-order valence-electron chi connectivity index (χ4n) is 1.56. The molecular formula is C14H14FN3O. The molecule has 2 rings (SSSR count). The highest BCUT2D eigenvalue weighted by molar-refractivity contribution is 5.91. The van der Waals surface area contributed by atoms with Crippen LogP contribution in [-0.2, 0) is 11.3 Å². The van der Waals surface area contributed by atoms with Crippen molar-refractivity contribution in [2.75, 3.05) is 6.54 Å². The van der Waals surface area contributed by atoms with Crippen LogP contribution in [0.1, 0.15) is 5.56 Å². The molecule has 0 spiro atoms. The van der Waals surface area contributed by atoms with Crippen molar-refractivity contribution >= 4 is 12.0 Å². The molecule has 0 bridgehead atoms. The Morgan fingerprint density at radius 1 is 1.37 bits per heavy atom. The Labute approximate surface area is 110 Å². The number of rotatable bonds is 5. The van der Waals surface area contributed by atoms with Crippen molar-refractivity contribution < 1.29 is 9.18 Å². The minimum atomic E-state index is -0.344. The molecule has 1 heterocycles.